The number of rotatable bonds is 9. The fourth-order valence-electron chi connectivity index (χ4n) is 2.86. The second kappa shape index (κ2) is 9.20. The fraction of sp³-hybridized carbons (Fsp3) is 0.400. The van der Waals surface area contributed by atoms with Gasteiger partial charge in [0.1, 0.15) is 17.2 Å². The largest absolute Gasteiger partial charge is 0.504 e. The zero-order chi connectivity index (χ0) is 19.1. The lowest BCUT2D eigenvalue weighted by atomic mass is 9.99. The van der Waals surface area contributed by atoms with Gasteiger partial charge in [-0.2, -0.15) is 0 Å². The molecule has 0 radical (unpaired) electrons. The lowest BCUT2D eigenvalue weighted by molar-refractivity contribution is 0.102. The van der Waals surface area contributed by atoms with E-state index in [4.69, 9.17) is 23.7 Å². The molecule has 0 saturated heterocycles. The maximum absolute atomic E-state index is 9.75. The van der Waals surface area contributed by atoms with Crippen molar-refractivity contribution in [1.29, 1.82) is 0 Å². The van der Waals surface area contributed by atoms with E-state index < -0.39 is 0 Å². The van der Waals surface area contributed by atoms with Gasteiger partial charge in [0, 0.05) is 31.2 Å². The summed E-state index contributed by atoms with van der Waals surface area (Å²) in [5.41, 5.74) is 1.91. The molecule has 0 bridgehead atoms. The summed E-state index contributed by atoms with van der Waals surface area (Å²) in [5, 5.41) is 9.75. The van der Waals surface area contributed by atoms with Crippen LogP contribution in [0.2, 0.25) is 0 Å². The molecule has 142 valence electrons. The Morgan fingerprint density at radius 1 is 0.769 bits per heavy atom. The van der Waals surface area contributed by atoms with Gasteiger partial charge in [-0.1, -0.05) is 6.07 Å². The van der Waals surface area contributed by atoms with Crippen LogP contribution < -0.4 is 18.9 Å². The molecule has 2 rings (SSSR count). The number of phenols is 1. The van der Waals surface area contributed by atoms with E-state index in [1.165, 1.54) is 7.11 Å². The van der Waals surface area contributed by atoms with Crippen LogP contribution in [0, 0.1) is 0 Å². The summed E-state index contributed by atoms with van der Waals surface area (Å²) in [4.78, 5) is 0. The van der Waals surface area contributed by atoms with Gasteiger partial charge in [-0.25, -0.2) is 0 Å². The zero-order valence-corrected chi connectivity index (χ0v) is 15.9. The third-order valence-electron chi connectivity index (χ3n) is 4.29. The number of hydrogen-bond donors (Lipinski definition) is 1. The van der Waals surface area contributed by atoms with Crippen molar-refractivity contribution in [2.45, 2.75) is 18.9 Å². The molecule has 6 nitrogen and oxygen atoms in total. The van der Waals surface area contributed by atoms with Gasteiger partial charge in [0.15, 0.2) is 11.5 Å². The first kappa shape index (κ1) is 19.7. The maximum atomic E-state index is 9.75. The van der Waals surface area contributed by atoms with E-state index in [1.807, 2.05) is 24.3 Å². The first-order valence-corrected chi connectivity index (χ1v) is 8.23. The minimum atomic E-state index is -0.111. The van der Waals surface area contributed by atoms with Crippen LogP contribution in [0.15, 0.2) is 30.3 Å². The van der Waals surface area contributed by atoms with Crippen molar-refractivity contribution in [3.05, 3.63) is 41.5 Å². The van der Waals surface area contributed by atoms with Gasteiger partial charge in [-0.3, -0.25) is 0 Å². The van der Waals surface area contributed by atoms with E-state index in [1.54, 1.807) is 34.5 Å². The van der Waals surface area contributed by atoms with Gasteiger partial charge >= 0.3 is 0 Å². The summed E-state index contributed by atoms with van der Waals surface area (Å²) < 4.78 is 27.2. The monoisotopic (exact) mass is 362 g/mol. The molecule has 0 saturated carbocycles. The molecule has 0 aliphatic carbocycles. The van der Waals surface area contributed by atoms with E-state index in [0.29, 0.717) is 35.8 Å². The van der Waals surface area contributed by atoms with E-state index in [2.05, 4.69) is 0 Å². The maximum Gasteiger partial charge on any atom is 0.160 e. The molecule has 1 N–H and O–H groups in total. The predicted octanol–water partition coefficient (Wildman–Crippen LogP) is 3.23. The van der Waals surface area contributed by atoms with E-state index >= 15 is 0 Å². The lowest BCUT2D eigenvalue weighted by Gasteiger charge is -2.20. The molecule has 0 aromatic heterocycles. The van der Waals surface area contributed by atoms with Crippen LogP contribution in [0.25, 0.3) is 0 Å². The highest BCUT2D eigenvalue weighted by molar-refractivity contribution is 5.51. The number of benzene rings is 2. The Kier molecular flexibility index (Phi) is 6.97. The zero-order valence-electron chi connectivity index (χ0n) is 15.9. The second-order valence-corrected chi connectivity index (χ2v) is 5.78. The minimum Gasteiger partial charge on any atom is -0.504 e. The highest BCUT2D eigenvalue weighted by atomic mass is 16.5. The van der Waals surface area contributed by atoms with Gasteiger partial charge in [-0.15, -0.1) is 0 Å². The van der Waals surface area contributed by atoms with Gasteiger partial charge in [0.05, 0.1) is 34.5 Å². The number of phenolic OH excluding ortho intramolecular Hbond substituents is 1. The van der Waals surface area contributed by atoms with E-state index in [0.717, 1.165) is 11.1 Å². The van der Waals surface area contributed by atoms with Gasteiger partial charge in [-0.05, 0) is 24.1 Å². The molecule has 2 aromatic rings. The summed E-state index contributed by atoms with van der Waals surface area (Å²) in [6.07, 6.45) is 1.13. The van der Waals surface area contributed by atoms with Gasteiger partial charge < -0.3 is 28.8 Å². The van der Waals surface area contributed by atoms with Crippen molar-refractivity contribution in [2.75, 3.05) is 35.5 Å². The molecular weight excluding hydrogens is 336 g/mol. The van der Waals surface area contributed by atoms with Crippen LogP contribution in [0.1, 0.15) is 11.1 Å². The molecule has 1 atom stereocenters. The molecule has 0 spiro atoms. The van der Waals surface area contributed by atoms with Crippen LogP contribution in [0.3, 0.4) is 0 Å². The average Bonchev–Trinajstić information content (AvgIpc) is 2.68. The van der Waals surface area contributed by atoms with Crippen molar-refractivity contribution in [3.63, 3.8) is 0 Å². The summed E-state index contributed by atoms with van der Waals surface area (Å²) in [5.74, 6) is 2.60. The van der Waals surface area contributed by atoms with Crippen LogP contribution in [-0.4, -0.2) is 46.8 Å². The second-order valence-electron chi connectivity index (χ2n) is 5.78. The molecule has 0 amide bonds. The highest BCUT2D eigenvalue weighted by Gasteiger charge is 2.19. The molecule has 6 heteroatoms. The van der Waals surface area contributed by atoms with Crippen molar-refractivity contribution in [2.24, 2.45) is 0 Å². The molecule has 26 heavy (non-hydrogen) atoms. The predicted molar refractivity (Wildman–Crippen MR) is 99.0 cm³/mol. The number of ether oxygens (including phenoxy) is 5. The van der Waals surface area contributed by atoms with Crippen LogP contribution in [-0.2, 0) is 17.6 Å². The first-order chi connectivity index (χ1) is 12.6. The topological polar surface area (TPSA) is 66.4 Å². The van der Waals surface area contributed by atoms with Gasteiger partial charge in [0.2, 0.25) is 0 Å². The number of methoxy groups -OCH3 is 5. The van der Waals surface area contributed by atoms with Crippen LogP contribution in [0.5, 0.6) is 28.7 Å². The summed E-state index contributed by atoms with van der Waals surface area (Å²) in [7, 11) is 8.03. The molecule has 0 aliphatic heterocycles. The van der Waals surface area contributed by atoms with E-state index in [-0.39, 0.29) is 11.9 Å². The molecular formula is C20H26O6. The van der Waals surface area contributed by atoms with Crippen LogP contribution >= 0.6 is 0 Å². The van der Waals surface area contributed by atoms with Crippen molar-refractivity contribution < 1.29 is 28.8 Å². The minimum absolute atomic E-state index is 0.111. The molecule has 2 aromatic carbocycles. The fourth-order valence-corrected chi connectivity index (χ4v) is 2.86. The van der Waals surface area contributed by atoms with Crippen molar-refractivity contribution in [3.8, 4) is 28.7 Å². The average molecular weight is 362 g/mol. The van der Waals surface area contributed by atoms with Crippen molar-refractivity contribution >= 4 is 0 Å². The van der Waals surface area contributed by atoms with E-state index in [9.17, 15) is 5.11 Å². The summed E-state index contributed by atoms with van der Waals surface area (Å²) >= 11 is 0. The first-order valence-electron chi connectivity index (χ1n) is 8.23. The number of aromatic hydroxyl groups is 1. The number of hydrogen-bond acceptors (Lipinski definition) is 6. The lowest BCUT2D eigenvalue weighted by Crippen LogP contribution is -2.18. The normalized spacial score (nSPS) is 11.7. The quantitative estimate of drug-likeness (QED) is 0.739. The van der Waals surface area contributed by atoms with Crippen LogP contribution in [0.4, 0.5) is 0 Å². The Balaban J connectivity index is 2.27. The third-order valence-corrected chi connectivity index (χ3v) is 4.29. The Morgan fingerprint density at radius 2 is 1.38 bits per heavy atom. The summed E-state index contributed by atoms with van der Waals surface area (Å²) in [6.45, 7) is 0. The Bertz CT molecular complexity index is 703. The highest BCUT2D eigenvalue weighted by Crippen LogP contribution is 2.36. The molecule has 0 heterocycles. The smallest absolute Gasteiger partial charge is 0.160 e. The third kappa shape index (κ3) is 4.52. The standard InChI is InChI=1S/C20H26O6/c1-22-14(8-13-6-7-17(21)20(9-13)26-5)10-16-18(24-3)11-15(23-2)12-19(16)25-4/h6-7,9,11-12,14,21H,8,10H2,1-5H3/t14-/m1/s1. The molecule has 0 unspecified atom stereocenters. The Labute approximate surface area is 154 Å². The molecule has 0 aliphatic rings. The Morgan fingerprint density at radius 3 is 1.88 bits per heavy atom. The summed E-state index contributed by atoms with van der Waals surface area (Å²) in [6, 6.07) is 8.94. The Hall–Kier alpha value is -2.60. The SMILES string of the molecule is COc1cc(OC)c(C[C@@H](Cc2ccc(O)c(OC)c2)OC)c(OC)c1. The molecule has 0 fully saturated rings. The van der Waals surface area contributed by atoms with Crippen molar-refractivity contribution in [1.82, 2.24) is 0 Å². The van der Waals surface area contributed by atoms with Gasteiger partial charge in [0.25, 0.3) is 0 Å².